The number of carbonyl (C=O) groups is 2. The quantitative estimate of drug-likeness (QED) is 0.231. The molecule has 1 fully saturated rings. The predicted molar refractivity (Wildman–Crippen MR) is 171 cm³/mol. The van der Waals surface area contributed by atoms with Gasteiger partial charge in [0.2, 0.25) is 5.91 Å². The summed E-state index contributed by atoms with van der Waals surface area (Å²) in [5.41, 5.74) is 3.04. The first kappa shape index (κ1) is 29.5. The Bertz CT molecular complexity index is 1420. The van der Waals surface area contributed by atoms with Crippen LogP contribution in [-0.4, -0.2) is 61.0 Å². The SMILES string of the molecule is CC(C)NCCC1NC(CNC(=O)c2ccc3ccccc3c2)CCN(CC(c2ccccc2)c2ccccc2)C1=O. The minimum Gasteiger partial charge on any atom is -0.350 e. The maximum absolute atomic E-state index is 14.0. The number of amides is 2. The first-order valence-electron chi connectivity index (χ1n) is 15.1. The third kappa shape index (κ3) is 7.64. The second-order valence-electron chi connectivity index (χ2n) is 11.5. The Morgan fingerprint density at radius 3 is 2.19 bits per heavy atom. The van der Waals surface area contributed by atoms with Crippen LogP contribution in [0.1, 0.15) is 54.1 Å². The lowest BCUT2D eigenvalue weighted by Gasteiger charge is -2.29. The summed E-state index contributed by atoms with van der Waals surface area (Å²) in [6.07, 6.45) is 1.44. The molecule has 1 aliphatic rings. The van der Waals surface area contributed by atoms with E-state index in [0.29, 0.717) is 37.7 Å². The molecule has 0 aromatic heterocycles. The Hall–Kier alpha value is -4.00. The van der Waals surface area contributed by atoms with Crippen LogP contribution < -0.4 is 16.0 Å². The minimum absolute atomic E-state index is 0.0145. The summed E-state index contributed by atoms with van der Waals surface area (Å²) in [6.45, 7) is 6.67. The lowest BCUT2D eigenvalue weighted by Crippen LogP contribution is -2.50. The summed E-state index contributed by atoms with van der Waals surface area (Å²) >= 11 is 0. The molecule has 1 saturated heterocycles. The molecule has 3 N–H and O–H groups in total. The molecule has 42 heavy (non-hydrogen) atoms. The molecule has 2 atom stereocenters. The topological polar surface area (TPSA) is 73.5 Å². The summed E-state index contributed by atoms with van der Waals surface area (Å²) in [7, 11) is 0. The third-order valence-corrected chi connectivity index (χ3v) is 8.11. The van der Waals surface area contributed by atoms with E-state index in [1.807, 2.05) is 59.5 Å². The molecule has 5 rings (SSSR count). The van der Waals surface area contributed by atoms with Gasteiger partial charge in [0.15, 0.2) is 0 Å². The van der Waals surface area contributed by atoms with Gasteiger partial charge in [-0.15, -0.1) is 0 Å². The summed E-state index contributed by atoms with van der Waals surface area (Å²) in [4.78, 5) is 29.1. The summed E-state index contributed by atoms with van der Waals surface area (Å²) in [5, 5.41) is 12.4. The number of fused-ring (bicyclic) bond motifs is 1. The fourth-order valence-corrected chi connectivity index (χ4v) is 5.79. The van der Waals surface area contributed by atoms with Gasteiger partial charge in [-0.1, -0.05) is 105 Å². The van der Waals surface area contributed by atoms with Crippen molar-refractivity contribution in [2.24, 2.45) is 0 Å². The molecule has 0 aliphatic carbocycles. The van der Waals surface area contributed by atoms with E-state index in [1.54, 1.807) is 0 Å². The Morgan fingerprint density at radius 2 is 1.52 bits per heavy atom. The van der Waals surface area contributed by atoms with Crippen LogP contribution in [0.3, 0.4) is 0 Å². The van der Waals surface area contributed by atoms with Crippen LogP contribution in [-0.2, 0) is 4.79 Å². The van der Waals surface area contributed by atoms with E-state index in [4.69, 9.17) is 0 Å². The molecule has 2 unspecified atom stereocenters. The first-order valence-corrected chi connectivity index (χ1v) is 15.1. The van der Waals surface area contributed by atoms with E-state index in [-0.39, 0.29) is 29.8 Å². The number of hydrogen-bond donors (Lipinski definition) is 3. The van der Waals surface area contributed by atoms with E-state index in [0.717, 1.165) is 23.7 Å². The summed E-state index contributed by atoms with van der Waals surface area (Å²) < 4.78 is 0. The summed E-state index contributed by atoms with van der Waals surface area (Å²) in [5.74, 6) is 0.108. The Morgan fingerprint density at radius 1 is 0.881 bits per heavy atom. The molecule has 2 amide bonds. The molecular weight excluding hydrogens is 520 g/mol. The molecule has 6 heteroatoms. The molecule has 0 bridgehead atoms. The first-order chi connectivity index (χ1) is 20.5. The van der Waals surface area contributed by atoms with Crippen molar-refractivity contribution in [1.82, 2.24) is 20.9 Å². The highest BCUT2D eigenvalue weighted by molar-refractivity contribution is 5.98. The monoisotopic (exact) mass is 562 g/mol. The standard InChI is InChI=1S/C36H42N4O2/c1-26(2)37-21-19-34-36(42)40(25-33(28-12-5-3-6-13-28)29-14-7-4-8-15-29)22-20-32(39-34)24-38-35(41)31-18-17-27-11-9-10-16-30(27)23-31/h3-18,23,26,32-34,37,39H,19-22,24-25H2,1-2H3,(H,38,41). The number of nitrogens with one attached hydrogen (secondary N) is 3. The predicted octanol–water partition coefficient (Wildman–Crippen LogP) is 5.35. The van der Waals surface area contributed by atoms with Gasteiger partial charge in [0.1, 0.15) is 0 Å². The Labute approximate surface area is 249 Å². The van der Waals surface area contributed by atoms with Crippen molar-refractivity contribution in [3.63, 3.8) is 0 Å². The number of hydrogen-bond acceptors (Lipinski definition) is 4. The molecule has 1 heterocycles. The number of carbonyl (C=O) groups excluding carboxylic acids is 2. The molecular formula is C36H42N4O2. The second-order valence-corrected chi connectivity index (χ2v) is 11.5. The largest absolute Gasteiger partial charge is 0.350 e. The highest BCUT2D eigenvalue weighted by Crippen LogP contribution is 2.27. The van der Waals surface area contributed by atoms with Crippen molar-refractivity contribution in [3.8, 4) is 0 Å². The van der Waals surface area contributed by atoms with Crippen LogP contribution in [0.4, 0.5) is 0 Å². The second kappa shape index (κ2) is 14.3. The molecule has 4 aromatic carbocycles. The van der Waals surface area contributed by atoms with Crippen LogP contribution >= 0.6 is 0 Å². The van der Waals surface area contributed by atoms with Gasteiger partial charge in [-0.25, -0.2) is 0 Å². The fraction of sp³-hybridized carbons (Fsp3) is 0.333. The zero-order valence-electron chi connectivity index (χ0n) is 24.6. The molecule has 218 valence electrons. The number of benzene rings is 4. The fourth-order valence-electron chi connectivity index (χ4n) is 5.79. The maximum Gasteiger partial charge on any atom is 0.251 e. The zero-order valence-corrected chi connectivity index (χ0v) is 24.6. The number of nitrogens with zero attached hydrogens (tertiary/aromatic N) is 1. The molecule has 6 nitrogen and oxygen atoms in total. The van der Waals surface area contributed by atoms with E-state index in [1.165, 1.54) is 11.1 Å². The van der Waals surface area contributed by atoms with Crippen molar-refractivity contribution < 1.29 is 9.59 Å². The van der Waals surface area contributed by atoms with E-state index < -0.39 is 0 Å². The van der Waals surface area contributed by atoms with Crippen molar-refractivity contribution >= 4 is 22.6 Å². The van der Waals surface area contributed by atoms with Crippen LogP contribution in [0, 0.1) is 0 Å². The molecule has 0 saturated carbocycles. The zero-order chi connectivity index (χ0) is 29.3. The normalized spacial score (nSPS) is 17.5. The van der Waals surface area contributed by atoms with Crippen LogP contribution in [0.25, 0.3) is 10.8 Å². The van der Waals surface area contributed by atoms with Gasteiger partial charge in [-0.2, -0.15) is 0 Å². The van der Waals surface area contributed by atoms with Crippen LogP contribution in [0.2, 0.25) is 0 Å². The van der Waals surface area contributed by atoms with Gasteiger partial charge >= 0.3 is 0 Å². The van der Waals surface area contributed by atoms with Gasteiger partial charge in [-0.05, 0) is 53.4 Å². The Balaban J connectivity index is 1.31. The smallest absolute Gasteiger partial charge is 0.251 e. The minimum atomic E-state index is -0.325. The molecule has 0 radical (unpaired) electrons. The average Bonchev–Trinajstić information content (AvgIpc) is 3.17. The Kier molecular flexibility index (Phi) is 10.0. The lowest BCUT2D eigenvalue weighted by molar-refractivity contribution is -0.133. The maximum atomic E-state index is 14.0. The van der Waals surface area contributed by atoms with E-state index in [2.05, 4.69) is 78.3 Å². The van der Waals surface area contributed by atoms with Crippen molar-refractivity contribution in [3.05, 3.63) is 120 Å². The molecule has 4 aromatic rings. The van der Waals surface area contributed by atoms with Crippen LogP contribution in [0.15, 0.2) is 103 Å². The van der Waals surface area contributed by atoms with Gasteiger partial charge in [0, 0.05) is 43.2 Å². The van der Waals surface area contributed by atoms with Crippen molar-refractivity contribution in [2.75, 3.05) is 26.2 Å². The highest BCUT2D eigenvalue weighted by atomic mass is 16.2. The molecule has 1 aliphatic heterocycles. The van der Waals surface area contributed by atoms with E-state index >= 15 is 0 Å². The van der Waals surface area contributed by atoms with Crippen molar-refractivity contribution in [1.29, 1.82) is 0 Å². The average molecular weight is 563 g/mol. The third-order valence-electron chi connectivity index (χ3n) is 8.11. The van der Waals surface area contributed by atoms with Gasteiger partial charge in [-0.3, -0.25) is 9.59 Å². The van der Waals surface area contributed by atoms with Gasteiger partial charge < -0.3 is 20.9 Å². The van der Waals surface area contributed by atoms with Gasteiger partial charge in [0.25, 0.3) is 5.91 Å². The van der Waals surface area contributed by atoms with Gasteiger partial charge in [0.05, 0.1) is 6.04 Å². The lowest BCUT2D eigenvalue weighted by atomic mass is 9.90. The van der Waals surface area contributed by atoms with Crippen molar-refractivity contribution in [2.45, 2.75) is 50.7 Å². The highest BCUT2D eigenvalue weighted by Gasteiger charge is 2.32. The number of rotatable bonds is 11. The molecule has 0 spiro atoms. The van der Waals surface area contributed by atoms with E-state index in [9.17, 15) is 9.59 Å². The van der Waals surface area contributed by atoms with Crippen LogP contribution in [0.5, 0.6) is 0 Å². The summed E-state index contributed by atoms with van der Waals surface area (Å²) in [6, 6.07) is 34.7.